The molecule has 2 bridgehead atoms. The minimum atomic E-state index is -1.61. The van der Waals surface area contributed by atoms with Crippen LogP contribution in [-0.2, 0) is 14.3 Å². The number of nitrogens with one attached hydrogen (secondary N) is 1. The highest BCUT2D eigenvalue weighted by molar-refractivity contribution is 5.76. The molecule has 0 radical (unpaired) electrons. The van der Waals surface area contributed by atoms with Crippen molar-refractivity contribution in [1.82, 2.24) is 5.32 Å². The van der Waals surface area contributed by atoms with Gasteiger partial charge in [0.25, 0.3) is 0 Å². The van der Waals surface area contributed by atoms with Gasteiger partial charge >= 0.3 is 0 Å². The Hall–Kier alpha value is -0.920. The van der Waals surface area contributed by atoms with Crippen molar-refractivity contribution >= 4 is 5.91 Å². The number of ether oxygens (including phenoxy) is 2. The van der Waals surface area contributed by atoms with Crippen molar-refractivity contribution in [2.24, 2.45) is 5.41 Å². The highest BCUT2D eigenvalue weighted by Gasteiger charge is 2.68. The van der Waals surface area contributed by atoms with E-state index < -0.39 is 61.2 Å². The monoisotopic (exact) mass is 914 g/mol. The number of alkyl halides is 1. The highest BCUT2D eigenvalue weighted by Crippen LogP contribution is 2.71. The van der Waals surface area contributed by atoms with Crippen molar-refractivity contribution in [2.45, 2.75) is 312 Å². The van der Waals surface area contributed by atoms with Crippen LogP contribution in [0.1, 0.15) is 257 Å². The molecule has 8 atom stereocenters. The molecule has 7 N–H and O–H groups in total. The summed E-state index contributed by atoms with van der Waals surface area (Å²) in [5.41, 5.74) is -0.288. The van der Waals surface area contributed by atoms with Gasteiger partial charge in [-0.25, -0.2) is 4.39 Å². The number of carbonyl (C=O) groups is 1. The van der Waals surface area contributed by atoms with Crippen LogP contribution in [0.3, 0.4) is 0 Å². The Balaban J connectivity index is 1.16. The number of amides is 1. The van der Waals surface area contributed by atoms with Gasteiger partial charge in [0.15, 0.2) is 6.29 Å². The van der Waals surface area contributed by atoms with Crippen molar-refractivity contribution in [3.8, 4) is 0 Å². The van der Waals surface area contributed by atoms with Crippen LogP contribution in [0.2, 0.25) is 0 Å². The lowest BCUT2D eigenvalue weighted by Gasteiger charge is -2.66. The van der Waals surface area contributed by atoms with Gasteiger partial charge in [0.1, 0.15) is 36.2 Å². The molecular formula is C53H100FNO9. The molecule has 0 aromatic rings. The molecule has 0 spiro atoms. The van der Waals surface area contributed by atoms with Crippen LogP contribution >= 0.6 is 0 Å². The third-order valence-electron chi connectivity index (χ3n) is 15.0. The topological polar surface area (TPSA) is 169 Å². The first kappa shape index (κ1) is 57.4. The first-order chi connectivity index (χ1) is 31.0. The largest absolute Gasteiger partial charge is 0.394 e. The molecule has 3 saturated carbocycles. The summed E-state index contributed by atoms with van der Waals surface area (Å²) in [7, 11) is 0. The summed E-state index contributed by atoms with van der Waals surface area (Å²) in [6.07, 6.45) is 35.8. The summed E-state index contributed by atoms with van der Waals surface area (Å²) in [5.74, 6) is -0.258. The van der Waals surface area contributed by atoms with Gasteiger partial charge in [-0.1, -0.05) is 212 Å². The molecule has 1 heterocycles. The Bertz CT molecular complexity index is 1130. The summed E-state index contributed by atoms with van der Waals surface area (Å²) in [5, 5.41) is 65.3. The number of aliphatic hydroxyl groups is 6. The molecule has 1 amide bonds. The Morgan fingerprint density at radius 2 is 1.02 bits per heavy atom. The normalized spacial score (nSPS) is 26.6. The predicted molar refractivity (Wildman–Crippen MR) is 256 cm³/mol. The maximum absolute atomic E-state index is 13.6. The molecule has 4 fully saturated rings. The van der Waals surface area contributed by atoms with E-state index in [4.69, 9.17) is 9.47 Å². The molecule has 10 nitrogen and oxygen atoms in total. The van der Waals surface area contributed by atoms with Crippen LogP contribution in [0.15, 0.2) is 0 Å². The maximum Gasteiger partial charge on any atom is 0.220 e. The number of hydrogen-bond donors (Lipinski definition) is 7. The van der Waals surface area contributed by atoms with Crippen LogP contribution in [0.4, 0.5) is 4.39 Å². The molecule has 5 unspecified atom stereocenters. The zero-order valence-electron chi connectivity index (χ0n) is 40.9. The fourth-order valence-corrected chi connectivity index (χ4v) is 10.8. The standard InChI is InChI=1S/C53H100FNO9/c1-2-3-4-5-6-7-8-20-23-26-29-32-35-44(57)47(59)43(39-63-51-50(62)49(61)48(60)45(38-56)64-51)55-46(58)36-33-30-27-24-21-18-16-14-12-10-9-11-13-15-17-19-22-25-28-31-34-37-52-40-53(54,41-52)42-52/h43-45,47-51,56-57,59-62H,2-42H2,1H3,(H,55,58)/t43-,44+,45?,47-,48?,49?,50?,51?,52?,53?/m0/s1. The molecule has 4 aliphatic rings. The van der Waals surface area contributed by atoms with Crippen LogP contribution in [-0.4, -0.2) is 104 Å². The average Bonchev–Trinajstić information content (AvgIpc) is 3.26. The number of rotatable bonds is 44. The number of unbranched alkanes of at least 4 members (excludes halogenated alkanes) is 31. The van der Waals surface area contributed by atoms with Crippen LogP contribution < -0.4 is 5.32 Å². The van der Waals surface area contributed by atoms with E-state index >= 15 is 0 Å². The molecule has 378 valence electrons. The second-order valence-electron chi connectivity index (χ2n) is 21.0. The summed E-state index contributed by atoms with van der Waals surface area (Å²) < 4.78 is 24.8. The fraction of sp³-hybridized carbons (Fsp3) is 0.981. The van der Waals surface area contributed by atoms with E-state index in [1.165, 1.54) is 167 Å². The maximum atomic E-state index is 13.6. The second-order valence-corrected chi connectivity index (χ2v) is 21.0. The van der Waals surface area contributed by atoms with Crippen LogP contribution in [0, 0.1) is 5.41 Å². The van der Waals surface area contributed by atoms with Gasteiger partial charge in [-0.15, -0.1) is 0 Å². The van der Waals surface area contributed by atoms with Gasteiger partial charge in [0.2, 0.25) is 5.91 Å². The molecule has 1 saturated heterocycles. The van der Waals surface area contributed by atoms with Gasteiger partial charge in [-0.05, 0) is 43.9 Å². The van der Waals surface area contributed by atoms with Gasteiger partial charge in [-0.2, -0.15) is 0 Å². The number of halogens is 1. The first-order valence-corrected chi connectivity index (χ1v) is 27.3. The average molecular weight is 914 g/mol. The van der Waals surface area contributed by atoms with Gasteiger partial charge in [0.05, 0.1) is 25.4 Å². The Kier molecular flexibility index (Phi) is 30.8. The van der Waals surface area contributed by atoms with E-state index in [9.17, 15) is 39.8 Å². The smallest absolute Gasteiger partial charge is 0.220 e. The van der Waals surface area contributed by atoms with Crippen molar-refractivity contribution in [2.75, 3.05) is 13.2 Å². The summed E-state index contributed by atoms with van der Waals surface area (Å²) in [6, 6.07) is -0.991. The van der Waals surface area contributed by atoms with E-state index in [-0.39, 0.29) is 18.9 Å². The molecule has 1 aliphatic heterocycles. The van der Waals surface area contributed by atoms with E-state index in [2.05, 4.69) is 12.2 Å². The zero-order valence-corrected chi connectivity index (χ0v) is 40.9. The number of aliphatic hydroxyl groups excluding tert-OH is 6. The summed E-state index contributed by atoms with van der Waals surface area (Å²) >= 11 is 0. The zero-order chi connectivity index (χ0) is 46.3. The van der Waals surface area contributed by atoms with E-state index in [1.807, 2.05) is 0 Å². The molecule has 0 aromatic heterocycles. The second kappa shape index (κ2) is 34.4. The van der Waals surface area contributed by atoms with Gasteiger partial charge in [0, 0.05) is 6.42 Å². The molecular weight excluding hydrogens is 814 g/mol. The Morgan fingerprint density at radius 1 is 0.609 bits per heavy atom. The minimum absolute atomic E-state index is 0.258. The SMILES string of the molecule is CCCCCCCCCCCCCC[C@@H](O)[C@@H](O)[C@H](COC1OC(CO)C(O)C(O)C1O)NC(=O)CCCCCCCCCCCCCCCCCCCCCCCC12CC(F)(C1)C2. The van der Waals surface area contributed by atoms with Gasteiger partial charge in [-0.3, -0.25) is 4.79 Å². The summed E-state index contributed by atoms with van der Waals surface area (Å²) in [6.45, 7) is 1.34. The van der Waals surface area contributed by atoms with Crippen LogP contribution in [0.25, 0.3) is 0 Å². The lowest BCUT2D eigenvalue weighted by Crippen LogP contribution is -2.64. The molecule has 11 heteroatoms. The van der Waals surface area contributed by atoms with Crippen molar-refractivity contribution in [1.29, 1.82) is 0 Å². The lowest BCUT2D eigenvalue weighted by atomic mass is 9.41. The fourth-order valence-electron chi connectivity index (χ4n) is 10.8. The molecule has 0 aromatic carbocycles. The predicted octanol–water partition coefficient (Wildman–Crippen LogP) is 11.0. The molecule has 3 aliphatic carbocycles. The minimum Gasteiger partial charge on any atom is -0.394 e. The van der Waals surface area contributed by atoms with Crippen molar-refractivity contribution in [3.05, 3.63) is 0 Å². The quantitative estimate of drug-likeness (QED) is 0.0294. The van der Waals surface area contributed by atoms with Gasteiger partial charge < -0.3 is 45.4 Å². The highest BCUT2D eigenvalue weighted by atomic mass is 19.1. The molecule has 4 rings (SSSR count). The Morgan fingerprint density at radius 3 is 1.44 bits per heavy atom. The van der Waals surface area contributed by atoms with Crippen LogP contribution in [0.5, 0.6) is 0 Å². The van der Waals surface area contributed by atoms with Crippen molar-refractivity contribution < 1.29 is 49.3 Å². The Labute approximate surface area is 390 Å². The van der Waals surface area contributed by atoms with E-state index in [1.54, 1.807) is 0 Å². The van der Waals surface area contributed by atoms with E-state index in [0.717, 1.165) is 70.6 Å². The van der Waals surface area contributed by atoms with E-state index in [0.29, 0.717) is 11.8 Å². The lowest BCUT2D eigenvalue weighted by molar-refractivity contribution is -0.303. The first-order valence-electron chi connectivity index (χ1n) is 27.3. The number of hydrogen-bond acceptors (Lipinski definition) is 9. The summed E-state index contributed by atoms with van der Waals surface area (Å²) in [4.78, 5) is 13.1. The third-order valence-corrected chi connectivity index (χ3v) is 15.0. The molecule has 64 heavy (non-hydrogen) atoms. The van der Waals surface area contributed by atoms with Crippen molar-refractivity contribution in [3.63, 3.8) is 0 Å². The number of carbonyl (C=O) groups excluding carboxylic acids is 1. The third kappa shape index (κ3) is 23.4.